The van der Waals surface area contributed by atoms with E-state index in [-0.39, 0.29) is 5.91 Å². The standard InChI is InChI=1S/C21H22ClN5O2/c22-17-4-6-19(7-5-17)29-15-3-1-2-13-27-20(28)10-14-26(21(27)25-16-23)18-8-11-24-12-9-18/h4-9,11-12H,1-3,10,13-15H2. The second-order valence-electron chi connectivity index (χ2n) is 6.53. The summed E-state index contributed by atoms with van der Waals surface area (Å²) in [6, 6.07) is 11.0. The predicted molar refractivity (Wildman–Crippen MR) is 112 cm³/mol. The molecule has 7 nitrogen and oxygen atoms in total. The smallest absolute Gasteiger partial charge is 0.231 e. The lowest BCUT2D eigenvalue weighted by Crippen LogP contribution is -2.53. The maximum atomic E-state index is 12.4. The Balaban J connectivity index is 1.51. The van der Waals surface area contributed by atoms with Crippen molar-refractivity contribution < 1.29 is 9.53 Å². The van der Waals surface area contributed by atoms with Gasteiger partial charge in [-0.05, 0) is 55.7 Å². The predicted octanol–water partition coefficient (Wildman–Crippen LogP) is 3.86. The van der Waals surface area contributed by atoms with Crippen molar-refractivity contribution in [3.05, 3.63) is 53.8 Å². The molecule has 2 heterocycles. The maximum Gasteiger partial charge on any atom is 0.231 e. The number of aromatic nitrogens is 1. The number of halogens is 1. The Labute approximate surface area is 175 Å². The molecular formula is C21H22ClN5O2. The normalized spacial score (nSPS) is 15.4. The zero-order chi connectivity index (χ0) is 20.5. The molecule has 8 heteroatoms. The molecule has 0 aliphatic carbocycles. The van der Waals surface area contributed by atoms with Gasteiger partial charge in [-0.25, -0.2) is 0 Å². The van der Waals surface area contributed by atoms with Crippen LogP contribution in [0.1, 0.15) is 25.7 Å². The highest BCUT2D eigenvalue weighted by Gasteiger charge is 2.30. The minimum Gasteiger partial charge on any atom is -0.494 e. The third-order valence-electron chi connectivity index (χ3n) is 4.57. The van der Waals surface area contributed by atoms with Crippen molar-refractivity contribution in [3.63, 3.8) is 0 Å². The fraction of sp³-hybridized carbons (Fsp3) is 0.333. The highest BCUT2D eigenvalue weighted by molar-refractivity contribution is 6.30. The molecule has 0 N–H and O–H groups in total. The minimum atomic E-state index is -0.0123. The Morgan fingerprint density at radius 3 is 2.62 bits per heavy atom. The van der Waals surface area contributed by atoms with E-state index in [2.05, 4.69) is 9.98 Å². The van der Waals surface area contributed by atoms with E-state index in [1.165, 1.54) is 0 Å². The Morgan fingerprint density at radius 1 is 1.14 bits per heavy atom. The number of amides is 1. The third kappa shape index (κ3) is 5.69. The molecule has 0 bridgehead atoms. The first-order valence-corrected chi connectivity index (χ1v) is 9.90. The number of nitrogens with zero attached hydrogens (tertiary/aromatic N) is 5. The number of guanidine groups is 1. The molecule has 0 unspecified atom stereocenters. The van der Waals surface area contributed by atoms with Crippen LogP contribution < -0.4 is 9.64 Å². The van der Waals surface area contributed by atoms with Gasteiger partial charge in [0.1, 0.15) is 5.75 Å². The molecule has 29 heavy (non-hydrogen) atoms. The van der Waals surface area contributed by atoms with Gasteiger partial charge in [-0.15, -0.1) is 4.99 Å². The van der Waals surface area contributed by atoms with E-state index in [1.807, 2.05) is 35.4 Å². The van der Waals surface area contributed by atoms with Gasteiger partial charge in [-0.2, -0.15) is 5.26 Å². The van der Waals surface area contributed by atoms with Gasteiger partial charge in [0.25, 0.3) is 0 Å². The first-order valence-electron chi connectivity index (χ1n) is 9.52. The average molecular weight is 412 g/mol. The van der Waals surface area contributed by atoms with Crippen molar-refractivity contribution in [2.45, 2.75) is 25.7 Å². The monoisotopic (exact) mass is 411 g/mol. The topological polar surface area (TPSA) is 81.8 Å². The van der Waals surface area contributed by atoms with Crippen LogP contribution in [0, 0.1) is 11.5 Å². The summed E-state index contributed by atoms with van der Waals surface area (Å²) in [5.41, 5.74) is 0.864. The van der Waals surface area contributed by atoms with Crippen molar-refractivity contribution in [1.82, 2.24) is 9.88 Å². The first kappa shape index (κ1) is 20.6. The molecule has 1 aromatic carbocycles. The fourth-order valence-electron chi connectivity index (χ4n) is 3.13. The van der Waals surface area contributed by atoms with Crippen molar-refractivity contribution >= 4 is 29.2 Å². The third-order valence-corrected chi connectivity index (χ3v) is 4.82. The van der Waals surface area contributed by atoms with Gasteiger partial charge in [-0.3, -0.25) is 14.7 Å². The zero-order valence-corrected chi connectivity index (χ0v) is 16.8. The Morgan fingerprint density at radius 2 is 1.90 bits per heavy atom. The van der Waals surface area contributed by atoms with Crippen LogP contribution in [0.3, 0.4) is 0 Å². The summed E-state index contributed by atoms with van der Waals surface area (Å²) in [6.45, 7) is 1.61. The molecule has 0 saturated carbocycles. The number of benzene rings is 1. The number of carbonyl (C=O) groups is 1. The molecule has 1 aromatic heterocycles. The van der Waals surface area contributed by atoms with Crippen LogP contribution in [0.5, 0.6) is 5.75 Å². The van der Waals surface area contributed by atoms with Crippen LogP contribution in [0.4, 0.5) is 5.69 Å². The van der Waals surface area contributed by atoms with Crippen molar-refractivity contribution in [3.8, 4) is 11.9 Å². The van der Waals surface area contributed by atoms with Crippen LogP contribution in [-0.2, 0) is 4.79 Å². The molecule has 3 rings (SSSR count). The second kappa shape index (κ2) is 10.4. The number of pyridine rings is 1. The summed E-state index contributed by atoms with van der Waals surface area (Å²) in [7, 11) is 0. The summed E-state index contributed by atoms with van der Waals surface area (Å²) >= 11 is 5.86. The van der Waals surface area contributed by atoms with Crippen LogP contribution in [0.25, 0.3) is 0 Å². The van der Waals surface area contributed by atoms with Crippen LogP contribution in [0.15, 0.2) is 53.8 Å². The number of ether oxygens (including phenoxy) is 1. The fourth-order valence-corrected chi connectivity index (χ4v) is 3.25. The van der Waals surface area contributed by atoms with E-state index in [4.69, 9.17) is 21.6 Å². The summed E-state index contributed by atoms with van der Waals surface area (Å²) in [6.07, 6.45) is 8.13. The van der Waals surface area contributed by atoms with E-state index in [0.717, 1.165) is 30.7 Å². The number of hydrogen-bond acceptors (Lipinski definition) is 5. The molecule has 1 aliphatic heterocycles. The molecule has 0 radical (unpaired) electrons. The highest BCUT2D eigenvalue weighted by atomic mass is 35.5. The van der Waals surface area contributed by atoms with E-state index in [9.17, 15) is 4.79 Å². The first-order chi connectivity index (χ1) is 14.2. The molecule has 0 spiro atoms. The molecule has 1 aliphatic rings. The minimum absolute atomic E-state index is 0.0123. The SMILES string of the molecule is N#CN=C1N(CCCCCOc2ccc(Cl)cc2)C(=O)CCN1c1ccncc1. The van der Waals surface area contributed by atoms with Crippen LogP contribution in [0.2, 0.25) is 5.02 Å². The highest BCUT2D eigenvalue weighted by Crippen LogP contribution is 2.21. The summed E-state index contributed by atoms with van der Waals surface area (Å²) in [4.78, 5) is 23.9. The number of rotatable bonds is 8. The summed E-state index contributed by atoms with van der Waals surface area (Å²) < 4.78 is 5.69. The molecular weight excluding hydrogens is 390 g/mol. The summed E-state index contributed by atoms with van der Waals surface area (Å²) in [5.74, 6) is 1.16. The zero-order valence-electron chi connectivity index (χ0n) is 16.0. The van der Waals surface area contributed by atoms with Gasteiger partial charge in [0.15, 0.2) is 0 Å². The lowest BCUT2D eigenvalue weighted by atomic mass is 10.2. The quantitative estimate of drug-likeness (QED) is 0.486. The number of hydrogen-bond donors (Lipinski definition) is 0. The Hall–Kier alpha value is -3.11. The number of carbonyl (C=O) groups excluding carboxylic acids is 1. The molecule has 150 valence electrons. The molecule has 1 fully saturated rings. The van der Waals surface area contributed by atoms with E-state index < -0.39 is 0 Å². The molecule has 1 saturated heterocycles. The Bertz CT molecular complexity index is 880. The maximum absolute atomic E-state index is 12.4. The lowest BCUT2D eigenvalue weighted by Gasteiger charge is -2.37. The van der Waals surface area contributed by atoms with Gasteiger partial charge in [-0.1, -0.05) is 11.6 Å². The molecule has 2 aromatic rings. The van der Waals surface area contributed by atoms with Gasteiger partial charge in [0.05, 0.1) is 6.61 Å². The van der Waals surface area contributed by atoms with Gasteiger partial charge in [0, 0.05) is 42.6 Å². The Kier molecular flexibility index (Phi) is 7.42. The number of aliphatic imine (C=N–C) groups is 1. The van der Waals surface area contributed by atoms with Crippen molar-refractivity contribution in [2.24, 2.45) is 4.99 Å². The van der Waals surface area contributed by atoms with Crippen LogP contribution in [-0.4, -0.2) is 41.4 Å². The van der Waals surface area contributed by atoms with Gasteiger partial charge < -0.3 is 9.64 Å². The van der Waals surface area contributed by atoms with E-state index in [1.54, 1.807) is 29.4 Å². The number of unbranched alkanes of at least 4 members (excludes halogenated alkanes) is 2. The largest absolute Gasteiger partial charge is 0.494 e. The molecule has 1 amide bonds. The number of anilines is 1. The van der Waals surface area contributed by atoms with Gasteiger partial charge >= 0.3 is 0 Å². The van der Waals surface area contributed by atoms with E-state index >= 15 is 0 Å². The van der Waals surface area contributed by atoms with Crippen LogP contribution >= 0.6 is 11.6 Å². The number of nitriles is 1. The van der Waals surface area contributed by atoms with E-state index in [0.29, 0.717) is 37.1 Å². The second-order valence-corrected chi connectivity index (χ2v) is 6.96. The summed E-state index contributed by atoms with van der Waals surface area (Å²) in [5, 5.41) is 9.79. The molecule has 0 atom stereocenters. The van der Waals surface area contributed by atoms with Crippen molar-refractivity contribution in [1.29, 1.82) is 5.26 Å². The average Bonchev–Trinajstić information content (AvgIpc) is 2.74. The lowest BCUT2D eigenvalue weighted by molar-refractivity contribution is -0.128. The van der Waals surface area contributed by atoms with Gasteiger partial charge in [0.2, 0.25) is 18.1 Å². The van der Waals surface area contributed by atoms with Crippen molar-refractivity contribution in [2.75, 3.05) is 24.6 Å².